The predicted molar refractivity (Wildman–Crippen MR) is 41.6 cm³/mol. The third kappa shape index (κ3) is 1.15. The highest BCUT2D eigenvalue weighted by Crippen LogP contribution is 2.17. The van der Waals surface area contributed by atoms with Crippen LogP contribution in [0, 0.1) is 0 Å². The van der Waals surface area contributed by atoms with Crippen LogP contribution in [0.5, 0.6) is 0 Å². The molecule has 0 unspecified atom stereocenters. The molecule has 1 heterocycles. The van der Waals surface area contributed by atoms with Gasteiger partial charge in [0, 0.05) is 14.1 Å². The Hall–Kier alpha value is -0.810. The number of aliphatic hydroxyl groups is 1. The maximum Gasteiger partial charge on any atom is 0.328 e. The fourth-order valence-corrected chi connectivity index (χ4v) is 1.27. The summed E-state index contributed by atoms with van der Waals surface area (Å²) < 4.78 is 0. The van der Waals surface area contributed by atoms with Crippen LogP contribution in [0.25, 0.3) is 0 Å². The number of carbonyl (C=O) groups is 2. The smallest absolute Gasteiger partial charge is 0.328 e. The second-order valence-corrected chi connectivity index (χ2v) is 3.08. The Labute approximate surface area is 74.5 Å². The molecule has 3 amide bonds. The van der Waals surface area contributed by atoms with Crippen molar-refractivity contribution in [1.82, 2.24) is 9.80 Å². The fourth-order valence-electron chi connectivity index (χ4n) is 0.953. The summed E-state index contributed by atoms with van der Waals surface area (Å²) in [5.41, 5.74) is 0. The van der Waals surface area contributed by atoms with E-state index in [0.717, 1.165) is 9.80 Å². The van der Waals surface area contributed by atoms with Crippen LogP contribution in [0.1, 0.15) is 0 Å². The molecule has 1 aliphatic rings. The molecule has 6 heteroatoms. The molecule has 1 N–H and O–H groups in total. The van der Waals surface area contributed by atoms with Gasteiger partial charge in [0.2, 0.25) is 0 Å². The van der Waals surface area contributed by atoms with Crippen LogP contribution in [0.4, 0.5) is 4.79 Å². The molecule has 0 aromatic heterocycles. The van der Waals surface area contributed by atoms with Gasteiger partial charge in [-0.1, -0.05) is 0 Å². The molecule has 68 valence electrons. The minimum atomic E-state index is -1.23. The van der Waals surface area contributed by atoms with Gasteiger partial charge in [-0.05, 0) is 0 Å². The molecule has 0 saturated carbocycles. The van der Waals surface area contributed by atoms with Crippen LogP contribution in [0.2, 0.25) is 0 Å². The Morgan fingerprint density at radius 2 is 1.92 bits per heavy atom. The Morgan fingerprint density at radius 1 is 1.42 bits per heavy atom. The number of amides is 3. The first-order chi connectivity index (χ1) is 5.46. The Kier molecular flexibility index (Phi) is 2.25. The zero-order chi connectivity index (χ0) is 9.46. The maximum absolute atomic E-state index is 11.1. The number of rotatable bonds is 0. The van der Waals surface area contributed by atoms with E-state index < -0.39 is 23.5 Å². The largest absolute Gasteiger partial charge is 0.371 e. The summed E-state index contributed by atoms with van der Waals surface area (Å²) in [5.74, 6) is -0.577. The van der Waals surface area contributed by atoms with Crippen LogP contribution in [-0.2, 0) is 4.79 Å². The van der Waals surface area contributed by atoms with Crippen LogP contribution < -0.4 is 0 Å². The third-order valence-electron chi connectivity index (χ3n) is 1.81. The van der Waals surface area contributed by atoms with Crippen molar-refractivity contribution in [3.05, 3.63) is 0 Å². The number of halogens is 1. The monoisotopic (exact) mass is 192 g/mol. The van der Waals surface area contributed by atoms with E-state index in [0.29, 0.717) is 0 Å². The topological polar surface area (TPSA) is 60.9 Å². The van der Waals surface area contributed by atoms with Gasteiger partial charge in [0.05, 0.1) is 0 Å². The third-order valence-corrected chi connectivity index (χ3v) is 2.23. The lowest BCUT2D eigenvalue weighted by Crippen LogP contribution is -2.59. The average Bonchev–Trinajstić information content (AvgIpc) is 2.08. The summed E-state index contributed by atoms with van der Waals surface area (Å²) in [6.45, 7) is 0. The molecule has 0 spiro atoms. The Bertz CT molecular complexity index is 211. The zero-order valence-electron chi connectivity index (χ0n) is 6.69. The highest BCUT2D eigenvalue weighted by atomic mass is 35.5. The van der Waals surface area contributed by atoms with Crippen LogP contribution in [-0.4, -0.2) is 52.5 Å². The normalized spacial score (nSPS) is 31.3. The van der Waals surface area contributed by atoms with E-state index in [1.54, 1.807) is 0 Å². The number of hydrogen-bond donors (Lipinski definition) is 1. The lowest BCUT2D eigenvalue weighted by atomic mass is 10.2. The van der Waals surface area contributed by atoms with Crippen LogP contribution in [0.3, 0.4) is 0 Å². The summed E-state index contributed by atoms with van der Waals surface area (Å²) >= 11 is 5.54. The van der Waals surface area contributed by atoms with Crippen molar-refractivity contribution in [2.24, 2.45) is 0 Å². The van der Waals surface area contributed by atoms with Gasteiger partial charge >= 0.3 is 6.03 Å². The quantitative estimate of drug-likeness (QED) is 0.524. The summed E-state index contributed by atoms with van der Waals surface area (Å²) in [4.78, 5) is 24.1. The summed E-state index contributed by atoms with van der Waals surface area (Å²) in [7, 11) is 2.70. The molecule has 0 radical (unpaired) electrons. The lowest BCUT2D eigenvalue weighted by Gasteiger charge is -2.35. The number of carbonyl (C=O) groups excluding carboxylic acids is 2. The van der Waals surface area contributed by atoms with Gasteiger partial charge in [-0.25, -0.2) is 4.79 Å². The van der Waals surface area contributed by atoms with Crippen LogP contribution in [0.15, 0.2) is 0 Å². The number of nitrogens with zero attached hydrogens (tertiary/aromatic N) is 2. The second-order valence-electron chi connectivity index (χ2n) is 2.61. The molecule has 12 heavy (non-hydrogen) atoms. The van der Waals surface area contributed by atoms with E-state index in [1.165, 1.54) is 14.1 Å². The van der Waals surface area contributed by atoms with Gasteiger partial charge in [0.15, 0.2) is 11.6 Å². The first-order valence-corrected chi connectivity index (χ1v) is 3.77. The number of aliphatic hydroxyl groups excluding tert-OH is 1. The van der Waals surface area contributed by atoms with Gasteiger partial charge < -0.3 is 5.11 Å². The first kappa shape index (κ1) is 9.28. The minimum Gasteiger partial charge on any atom is -0.371 e. The molecule has 0 aliphatic carbocycles. The average molecular weight is 193 g/mol. The van der Waals surface area contributed by atoms with Crippen LogP contribution >= 0.6 is 11.6 Å². The SMILES string of the molecule is CN1C(=O)[C@H](Cl)[C@@H](O)N(C)C1=O. The van der Waals surface area contributed by atoms with E-state index >= 15 is 0 Å². The predicted octanol–water partition coefficient (Wildman–Crippen LogP) is -0.564. The molecule has 0 aromatic carbocycles. The number of alkyl halides is 1. The molecule has 0 bridgehead atoms. The van der Waals surface area contributed by atoms with Gasteiger partial charge in [-0.15, -0.1) is 11.6 Å². The van der Waals surface area contributed by atoms with E-state index in [9.17, 15) is 14.7 Å². The van der Waals surface area contributed by atoms with E-state index in [-0.39, 0.29) is 0 Å². The summed E-state index contributed by atoms with van der Waals surface area (Å²) in [5, 5.41) is 8.16. The Balaban J connectivity index is 2.91. The van der Waals surface area contributed by atoms with Gasteiger partial charge in [0.1, 0.15) is 0 Å². The standard InChI is InChI=1S/C6H9ClN2O3/c1-8-4(10)3(7)5(11)9(2)6(8)12/h3-4,10H,1-2H3/t3-,4-/m1/s1. The highest BCUT2D eigenvalue weighted by molar-refractivity contribution is 6.33. The Morgan fingerprint density at radius 3 is 2.42 bits per heavy atom. The molecule has 1 saturated heterocycles. The second kappa shape index (κ2) is 2.91. The van der Waals surface area contributed by atoms with Crippen molar-refractivity contribution >= 4 is 23.5 Å². The maximum atomic E-state index is 11.1. The van der Waals surface area contributed by atoms with Crippen molar-refractivity contribution in [2.75, 3.05) is 14.1 Å². The van der Waals surface area contributed by atoms with E-state index in [4.69, 9.17) is 11.6 Å². The summed E-state index contributed by atoms with van der Waals surface area (Å²) in [6.07, 6.45) is -1.23. The molecule has 1 fully saturated rings. The molecular formula is C6H9ClN2O3. The highest BCUT2D eigenvalue weighted by Gasteiger charge is 2.40. The lowest BCUT2D eigenvalue weighted by molar-refractivity contribution is -0.135. The minimum absolute atomic E-state index is 0.551. The molecular weight excluding hydrogens is 184 g/mol. The summed E-state index contributed by atoms with van der Waals surface area (Å²) in [6, 6.07) is -0.551. The molecule has 5 nitrogen and oxygen atoms in total. The van der Waals surface area contributed by atoms with Crippen molar-refractivity contribution in [2.45, 2.75) is 11.6 Å². The van der Waals surface area contributed by atoms with Crippen molar-refractivity contribution in [3.8, 4) is 0 Å². The van der Waals surface area contributed by atoms with Crippen molar-refractivity contribution in [3.63, 3.8) is 0 Å². The number of hydrogen-bond acceptors (Lipinski definition) is 3. The molecule has 2 atom stereocenters. The number of urea groups is 1. The molecule has 1 aliphatic heterocycles. The molecule has 1 rings (SSSR count). The van der Waals surface area contributed by atoms with Gasteiger partial charge in [-0.3, -0.25) is 14.6 Å². The number of imide groups is 1. The zero-order valence-corrected chi connectivity index (χ0v) is 7.45. The van der Waals surface area contributed by atoms with Crippen molar-refractivity contribution < 1.29 is 14.7 Å². The first-order valence-electron chi connectivity index (χ1n) is 3.33. The van der Waals surface area contributed by atoms with Crippen molar-refractivity contribution in [1.29, 1.82) is 0 Å². The van der Waals surface area contributed by atoms with E-state index in [2.05, 4.69) is 0 Å². The van der Waals surface area contributed by atoms with E-state index in [1.807, 2.05) is 0 Å². The van der Waals surface area contributed by atoms with Gasteiger partial charge in [-0.2, -0.15) is 0 Å². The fraction of sp³-hybridized carbons (Fsp3) is 0.667. The van der Waals surface area contributed by atoms with Gasteiger partial charge in [0.25, 0.3) is 5.91 Å². The molecule has 0 aromatic rings.